The molecule has 2 amide bonds. The molecule has 2 aromatic rings. The van der Waals surface area contributed by atoms with E-state index in [1.165, 1.54) is 18.2 Å². The van der Waals surface area contributed by atoms with Crippen LogP contribution >= 0.6 is 11.8 Å². The van der Waals surface area contributed by atoms with Gasteiger partial charge in [-0.15, -0.1) is 11.8 Å². The summed E-state index contributed by atoms with van der Waals surface area (Å²) in [4.78, 5) is 23.7. The number of nitrogens with one attached hydrogen (secondary N) is 2. The molecule has 0 heterocycles. The molecule has 2 aromatic carbocycles. The highest BCUT2D eigenvalue weighted by atomic mass is 32.2. The number of sulfonamides is 1. The van der Waals surface area contributed by atoms with Gasteiger partial charge in [0.05, 0.1) is 16.4 Å². The highest BCUT2D eigenvalue weighted by molar-refractivity contribution is 8.00. The number of carbonyl (C=O) groups is 2. The molecule has 138 valence electrons. The zero-order valence-electron chi connectivity index (χ0n) is 14.1. The van der Waals surface area contributed by atoms with Gasteiger partial charge >= 0.3 is 0 Å². The van der Waals surface area contributed by atoms with Gasteiger partial charge in [0.1, 0.15) is 0 Å². The van der Waals surface area contributed by atoms with Crippen molar-refractivity contribution in [3.05, 3.63) is 54.1 Å². The molecular formula is C17H19N3O4S2. The molecule has 2 rings (SSSR count). The van der Waals surface area contributed by atoms with Crippen molar-refractivity contribution >= 4 is 45.0 Å². The predicted octanol–water partition coefficient (Wildman–Crippen LogP) is 1.95. The molecule has 0 fully saturated rings. The van der Waals surface area contributed by atoms with Crippen LogP contribution in [-0.4, -0.2) is 31.7 Å². The van der Waals surface area contributed by atoms with Gasteiger partial charge in [-0.1, -0.05) is 18.2 Å². The first-order chi connectivity index (χ1) is 12.2. The average Bonchev–Trinajstić information content (AvgIpc) is 2.54. The second-order valence-corrected chi connectivity index (χ2v) is 8.08. The summed E-state index contributed by atoms with van der Waals surface area (Å²) in [5, 5.41) is 10.4. The van der Waals surface area contributed by atoms with Crippen LogP contribution in [0.5, 0.6) is 0 Å². The monoisotopic (exact) mass is 393 g/mol. The van der Waals surface area contributed by atoms with Crippen LogP contribution in [0.4, 0.5) is 11.4 Å². The summed E-state index contributed by atoms with van der Waals surface area (Å²) in [7, 11) is -3.83. The van der Waals surface area contributed by atoms with E-state index in [1.807, 2.05) is 25.1 Å². The first-order valence-corrected chi connectivity index (χ1v) is 10.3. The van der Waals surface area contributed by atoms with Crippen molar-refractivity contribution < 1.29 is 18.0 Å². The molecule has 0 aromatic heterocycles. The van der Waals surface area contributed by atoms with E-state index in [-0.39, 0.29) is 28.2 Å². The summed E-state index contributed by atoms with van der Waals surface area (Å²) >= 11 is 1.15. The van der Waals surface area contributed by atoms with Crippen molar-refractivity contribution in [2.75, 3.05) is 22.1 Å². The van der Waals surface area contributed by atoms with Crippen molar-refractivity contribution in [3.63, 3.8) is 0 Å². The van der Waals surface area contributed by atoms with Crippen molar-refractivity contribution in [1.82, 2.24) is 0 Å². The molecule has 7 nitrogen and oxygen atoms in total. The molecule has 4 N–H and O–H groups in total. The molecule has 0 aliphatic rings. The maximum Gasteiger partial charge on any atom is 0.238 e. The van der Waals surface area contributed by atoms with Gasteiger partial charge in [-0.3, -0.25) is 9.59 Å². The highest BCUT2D eigenvalue weighted by Gasteiger charge is 2.10. The van der Waals surface area contributed by atoms with Crippen molar-refractivity contribution in [2.45, 2.75) is 11.8 Å². The number of amides is 2. The molecule has 9 heteroatoms. The van der Waals surface area contributed by atoms with E-state index in [2.05, 4.69) is 10.6 Å². The standard InChI is InChI=1S/C17H19N3O4S2/c1-12-4-2-5-13(8-12)19-16(21)10-25-11-17(22)20-14-6-3-7-15(9-14)26(18,23)24/h2-9H,10-11H2,1H3,(H,19,21)(H,20,22)(H2,18,23,24). The quantitative estimate of drug-likeness (QED) is 0.664. The molecule has 0 aliphatic carbocycles. The van der Waals surface area contributed by atoms with Gasteiger partial charge in [-0.25, -0.2) is 13.6 Å². The second kappa shape index (κ2) is 8.84. The zero-order valence-corrected chi connectivity index (χ0v) is 15.7. The van der Waals surface area contributed by atoms with Gasteiger partial charge in [0.25, 0.3) is 0 Å². The number of hydrogen-bond acceptors (Lipinski definition) is 5. The number of nitrogens with two attached hydrogens (primary N) is 1. The van der Waals surface area contributed by atoms with E-state index >= 15 is 0 Å². The number of primary sulfonamides is 1. The SMILES string of the molecule is Cc1cccc(NC(=O)CSCC(=O)Nc2cccc(S(N)(=O)=O)c2)c1. The lowest BCUT2D eigenvalue weighted by atomic mass is 10.2. The van der Waals surface area contributed by atoms with Gasteiger partial charge in [0.15, 0.2) is 0 Å². The minimum absolute atomic E-state index is 0.0564. The zero-order chi connectivity index (χ0) is 19.2. The Bertz CT molecular complexity index is 914. The van der Waals surface area contributed by atoms with Crippen LogP contribution < -0.4 is 15.8 Å². The Balaban J connectivity index is 1.79. The Morgan fingerprint density at radius 3 is 2.04 bits per heavy atom. The summed E-state index contributed by atoms with van der Waals surface area (Å²) in [5.41, 5.74) is 2.07. The summed E-state index contributed by atoms with van der Waals surface area (Å²) in [5.74, 6) is -0.367. The lowest BCUT2D eigenvalue weighted by Crippen LogP contribution is -2.19. The molecule has 0 bridgehead atoms. The Morgan fingerprint density at radius 2 is 1.50 bits per heavy atom. The predicted molar refractivity (Wildman–Crippen MR) is 104 cm³/mol. The lowest BCUT2D eigenvalue weighted by Gasteiger charge is -2.07. The van der Waals surface area contributed by atoms with Crippen LogP contribution in [0.15, 0.2) is 53.4 Å². The molecule has 26 heavy (non-hydrogen) atoms. The van der Waals surface area contributed by atoms with Crippen LogP contribution in [0.1, 0.15) is 5.56 Å². The third-order valence-corrected chi connectivity index (χ3v) is 5.06. The number of thioether (sulfide) groups is 1. The highest BCUT2D eigenvalue weighted by Crippen LogP contribution is 2.15. The molecule has 0 spiro atoms. The molecular weight excluding hydrogens is 374 g/mol. The molecule has 0 unspecified atom stereocenters. The fraction of sp³-hybridized carbons (Fsp3) is 0.176. The number of hydrogen-bond donors (Lipinski definition) is 3. The number of benzene rings is 2. The minimum Gasteiger partial charge on any atom is -0.325 e. The van der Waals surface area contributed by atoms with E-state index in [0.717, 1.165) is 17.3 Å². The summed E-state index contributed by atoms with van der Waals surface area (Å²) < 4.78 is 22.6. The van der Waals surface area contributed by atoms with Crippen molar-refractivity contribution in [2.24, 2.45) is 5.14 Å². The Hall–Kier alpha value is -2.36. The maximum atomic E-state index is 11.9. The average molecular weight is 393 g/mol. The second-order valence-electron chi connectivity index (χ2n) is 5.53. The number of carbonyl (C=O) groups excluding carboxylic acids is 2. The number of rotatable bonds is 7. The summed E-state index contributed by atoms with van der Waals surface area (Å²) in [6.07, 6.45) is 0. The van der Waals surface area contributed by atoms with Gasteiger partial charge < -0.3 is 10.6 Å². The van der Waals surface area contributed by atoms with Crippen molar-refractivity contribution in [3.8, 4) is 0 Å². The third-order valence-electron chi connectivity index (χ3n) is 3.21. The van der Waals surface area contributed by atoms with Crippen LogP contribution in [0.3, 0.4) is 0 Å². The topological polar surface area (TPSA) is 118 Å². The number of aryl methyl sites for hydroxylation is 1. The molecule has 0 radical (unpaired) electrons. The third kappa shape index (κ3) is 6.51. The largest absolute Gasteiger partial charge is 0.325 e. The van der Waals surface area contributed by atoms with E-state index in [4.69, 9.17) is 5.14 Å². The van der Waals surface area contributed by atoms with E-state index in [1.54, 1.807) is 12.1 Å². The molecule has 0 atom stereocenters. The van der Waals surface area contributed by atoms with Gasteiger partial charge in [-0.05, 0) is 42.8 Å². The Labute approximate surface area is 156 Å². The van der Waals surface area contributed by atoms with E-state index < -0.39 is 10.0 Å². The van der Waals surface area contributed by atoms with Gasteiger partial charge in [-0.2, -0.15) is 0 Å². The first-order valence-electron chi connectivity index (χ1n) is 7.61. The van der Waals surface area contributed by atoms with Crippen LogP contribution in [0, 0.1) is 6.92 Å². The number of anilines is 2. The van der Waals surface area contributed by atoms with Crippen molar-refractivity contribution in [1.29, 1.82) is 0 Å². The van der Waals surface area contributed by atoms with Crippen LogP contribution in [-0.2, 0) is 19.6 Å². The Kier molecular flexibility index (Phi) is 6.78. The summed E-state index contributed by atoms with van der Waals surface area (Å²) in [6, 6.07) is 13.1. The fourth-order valence-electron chi connectivity index (χ4n) is 2.10. The fourth-order valence-corrected chi connectivity index (χ4v) is 3.28. The van der Waals surface area contributed by atoms with Crippen LogP contribution in [0.25, 0.3) is 0 Å². The smallest absolute Gasteiger partial charge is 0.238 e. The first kappa shape index (κ1) is 20.0. The van der Waals surface area contributed by atoms with Gasteiger partial charge in [0.2, 0.25) is 21.8 Å². The molecule has 0 saturated heterocycles. The maximum absolute atomic E-state index is 11.9. The molecule has 0 aliphatic heterocycles. The minimum atomic E-state index is -3.83. The normalized spacial score (nSPS) is 11.0. The summed E-state index contributed by atoms with van der Waals surface area (Å²) in [6.45, 7) is 1.93. The lowest BCUT2D eigenvalue weighted by molar-refractivity contribution is -0.114. The van der Waals surface area contributed by atoms with Gasteiger partial charge in [0, 0.05) is 11.4 Å². The van der Waals surface area contributed by atoms with E-state index in [9.17, 15) is 18.0 Å². The Morgan fingerprint density at radius 1 is 0.962 bits per heavy atom. The molecule has 0 saturated carbocycles. The van der Waals surface area contributed by atoms with Crippen LogP contribution in [0.2, 0.25) is 0 Å². The van der Waals surface area contributed by atoms with E-state index in [0.29, 0.717) is 11.4 Å².